The van der Waals surface area contributed by atoms with Crippen molar-refractivity contribution in [2.75, 3.05) is 19.6 Å². The topological polar surface area (TPSA) is 43.7 Å². The number of benzene rings is 1. The third kappa shape index (κ3) is 4.23. The van der Waals surface area contributed by atoms with Gasteiger partial charge in [-0.3, -0.25) is 0 Å². The summed E-state index contributed by atoms with van der Waals surface area (Å²) in [6.45, 7) is 3.84. The number of likely N-dealkylation sites (tertiary alicyclic amines) is 1. The predicted octanol–water partition coefficient (Wildman–Crippen LogP) is 2.24. The highest BCUT2D eigenvalue weighted by molar-refractivity contribution is 5.20. The molecular weight excluding hydrogens is 264 g/mol. The van der Waals surface area contributed by atoms with Crippen LogP contribution in [0.5, 0.6) is 0 Å². The van der Waals surface area contributed by atoms with E-state index in [-0.39, 0.29) is 5.56 Å². The molecule has 112 valence electrons. The van der Waals surface area contributed by atoms with E-state index in [1.165, 1.54) is 0 Å². The molecule has 2 rings (SSSR count). The number of β-amino-alcohol motifs (C(OH)–C–C–N with tert-alkyl or cyclic N) is 1. The summed E-state index contributed by atoms with van der Waals surface area (Å²) in [5, 5.41) is 20.0. The quantitative estimate of drug-likeness (QED) is 0.891. The molecule has 2 N–H and O–H groups in total. The van der Waals surface area contributed by atoms with E-state index in [4.69, 9.17) is 0 Å². The van der Waals surface area contributed by atoms with Crippen LogP contribution in [0.3, 0.4) is 0 Å². The lowest BCUT2D eigenvalue weighted by Crippen LogP contribution is -2.46. The van der Waals surface area contributed by atoms with E-state index in [2.05, 4.69) is 4.90 Å². The summed E-state index contributed by atoms with van der Waals surface area (Å²) in [5.74, 6) is -1.36. The highest BCUT2D eigenvalue weighted by atomic mass is 19.1. The Morgan fingerprint density at radius 2 is 1.95 bits per heavy atom. The molecule has 1 heterocycles. The van der Waals surface area contributed by atoms with Crippen LogP contribution in [0.2, 0.25) is 0 Å². The first kappa shape index (κ1) is 15.4. The number of aliphatic hydroxyl groups is 2. The van der Waals surface area contributed by atoms with E-state index >= 15 is 0 Å². The van der Waals surface area contributed by atoms with Crippen LogP contribution in [-0.2, 0) is 0 Å². The SMILES string of the molecule is CC1(O)CCCN(CCC(O)c2cc(F)cc(F)c2)C1. The molecule has 0 saturated carbocycles. The van der Waals surface area contributed by atoms with E-state index in [1.807, 2.05) is 0 Å². The second kappa shape index (κ2) is 6.16. The van der Waals surface area contributed by atoms with Crippen LogP contribution in [0.4, 0.5) is 8.78 Å². The van der Waals surface area contributed by atoms with Crippen LogP contribution in [0, 0.1) is 11.6 Å². The summed E-state index contributed by atoms with van der Waals surface area (Å²) in [6, 6.07) is 3.10. The summed E-state index contributed by atoms with van der Waals surface area (Å²) in [6.07, 6.45) is 1.18. The first-order valence-electron chi connectivity index (χ1n) is 6.94. The van der Waals surface area contributed by atoms with Gasteiger partial charge in [0.25, 0.3) is 0 Å². The molecule has 3 nitrogen and oxygen atoms in total. The Hall–Kier alpha value is -1.04. The predicted molar refractivity (Wildman–Crippen MR) is 72.2 cm³/mol. The van der Waals surface area contributed by atoms with Gasteiger partial charge in [0.15, 0.2) is 0 Å². The molecule has 0 aliphatic carbocycles. The van der Waals surface area contributed by atoms with Crippen molar-refractivity contribution in [3.63, 3.8) is 0 Å². The molecule has 0 radical (unpaired) electrons. The average Bonchev–Trinajstić information content (AvgIpc) is 2.33. The first-order chi connectivity index (χ1) is 9.35. The molecule has 1 aliphatic rings. The Balaban J connectivity index is 1.90. The fourth-order valence-electron chi connectivity index (χ4n) is 2.75. The Bertz CT molecular complexity index is 445. The third-order valence-corrected chi connectivity index (χ3v) is 3.74. The molecule has 1 fully saturated rings. The van der Waals surface area contributed by atoms with Crippen molar-refractivity contribution < 1.29 is 19.0 Å². The van der Waals surface area contributed by atoms with Gasteiger partial charge in [-0.2, -0.15) is 0 Å². The van der Waals surface area contributed by atoms with Crippen molar-refractivity contribution in [2.24, 2.45) is 0 Å². The minimum absolute atomic E-state index is 0.256. The zero-order chi connectivity index (χ0) is 14.8. The van der Waals surface area contributed by atoms with Crippen molar-refractivity contribution in [1.82, 2.24) is 4.90 Å². The second-order valence-corrected chi connectivity index (χ2v) is 5.88. The molecule has 1 aliphatic heterocycles. The van der Waals surface area contributed by atoms with Crippen LogP contribution < -0.4 is 0 Å². The molecule has 20 heavy (non-hydrogen) atoms. The third-order valence-electron chi connectivity index (χ3n) is 3.74. The molecule has 5 heteroatoms. The first-order valence-corrected chi connectivity index (χ1v) is 6.94. The van der Waals surface area contributed by atoms with Crippen LogP contribution in [0.15, 0.2) is 18.2 Å². The lowest BCUT2D eigenvalue weighted by Gasteiger charge is -2.37. The highest BCUT2D eigenvalue weighted by Gasteiger charge is 2.28. The summed E-state index contributed by atoms with van der Waals surface area (Å²) in [5.41, 5.74) is -0.431. The van der Waals surface area contributed by atoms with E-state index in [9.17, 15) is 19.0 Å². The van der Waals surface area contributed by atoms with Crippen molar-refractivity contribution in [2.45, 2.75) is 37.9 Å². The maximum Gasteiger partial charge on any atom is 0.126 e. The van der Waals surface area contributed by atoms with Gasteiger partial charge in [-0.25, -0.2) is 8.78 Å². The maximum absolute atomic E-state index is 13.1. The number of hydrogen-bond donors (Lipinski definition) is 2. The summed E-state index contributed by atoms with van der Waals surface area (Å²) in [7, 11) is 0. The smallest absolute Gasteiger partial charge is 0.126 e. The lowest BCUT2D eigenvalue weighted by molar-refractivity contribution is -0.0192. The standard InChI is InChI=1S/C15H21F2NO2/c1-15(20)4-2-5-18(10-15)6-3-14(19)11-7-12(16)9-13(17)8-11/h7-9,14,19-20H,2-6,10H2,1H3. The average molecular weight is 285 g/mol. The molecule has 1 aromatic carbocycles. The fraction of sp³-hybridized carbons (Fsp3) is 0.600. The molecular formula is C15H21F2NO2. The summed E-state index contributed by atoms with van der Waals surface area (Å²) in [4.78, 5) is 2.07. The number of aliphatic hydroxyl groups excluding tert-OH is 1. The van der Waals surface area contributed by atoms with Gasteiger partial charge in [0.1, 0.15) is 11.6 Å². The van der Waals surface area contributed by atoms with Crippen molar-refractivity contribution in [3.8, 4) is 0 Å². The molecule has 0 aromatic heterocycles. The highest BCUT2D eigenvalue weighted by Crippen LogP contribution is 2.23. The molecule has 2 unspecified atom stereocenters. The fourth-order valence-corrected chi connectivity index (χ4v) is 2.75. The molecule has 1 saturated heterocycles. The van der Waals surface area contributed by atoms with Gasteiger partial charge in [0.2, 0.25) is 0 Å². The van der Waals surface area contributed by atoms with Crippen molar-refractivity contribution in [1.29, 1.82) is 0 Å². The van der Waals surface area contributed by atoms with Gasteiger partial charge >= 0.3 is 0 Å². The number of hydrogen-bond acceptors (Lipinski definition) is 3. The van der Waals surface area contributed by atoms with Crippen LogP contribution in [-0.4, -0.2) is 40.3 Å². The van der Waals surface area contributed by atoms with E-state index < -0.39 is 23.3 Å². The van der Waals surface area contributed by atoms with Crippen molar-refractivity contribution in [3.05, 3.63) is 35.4 Å². The maximum atomic E-state index is 13.1. The number of piperidine rings is 1. The normalized spacial score (nSPS) is 25.6. The minimum Gasteiger partial charge on any atom is -0.389 e. The summed E-state index contributed by atoms with van der Waals surface area (Å²) >= 11 is 0. The molecule has 0 spiro atoms. The van der Waals surface area contributed by atoms with Gasteiger partial charge in [-0.05, 0) is 50.4 Å². The Labute approximate surface area is 117 Å². The largest absolute Gasteiger partial charge is 0.389 e. The van der Waals surface area contributed by atoms with Crippen molar-refractivity contribution >= 4 is 0 Å². The number of halogens is 2. The number of nitrogens with zero attached hydrogens (tertiary/aromatic N) is 1. The minimum atomic E-state index is -0.896. The number of rotatable bonds is 4. The Morgan fingerprint density at radius 1 is 1.30 bits per heavy atom. The van der Waals surface area contributed by atoms with Gasteiger partial charge in [0.05, 0.1) is 11.7 Å². The van der Waals surface area contributed by atoms with Crippen LogP contribution in [0.25, 0.3) is 0 Å². The van der Waals surface area contributed by atoms with E-state index in [0.717, 1.165) is 37.6 Å². The molecule has 0 bridgehead atoms. The Kier molecular flexibility index (Phi) is 4.73. The second-order valence-electron chi connectivity index (χ2n) is 5.88. The van der Waals surface area contributed by atoms with Crippen LogP contribution in [0.1, 0.15) is 37.9 Å². The van der Waals surface area contributed by atoms with E-state index in [0.29, 0.717) is 19.5 Å². The lowest BCUT2D eigenvalue weighted by atomic mass is 9.95. The molecule has 0 amide bonds. The van der Waals surface area contributed by atoms with E-state index in [1.54, 1.807) is 6.92 Å². The zero-order valence-corrected chi connectivity index (χ0v) is 11.6. The van der Waals surface area contributed by atoms with Gasteiger partial charge in [0, 0.05) is 19.2 Å². The Morgan fingerprint density at radius 3 is 2.55 bits per heavy atom. The van der Waals surface area contributed by atoms with Crippen LogP contribution >= 0.6 is 0 Å². The van der Waals surface area contributed by atoms with Gasteiger partial charge in [-0.15, -0.1) is 0 Å². The van der Waals surface area contributed by atoms with Gasteiger partial charge < -0.3 is 15.1 Å². The monoisotopic (exact) mass is 285 g/mol. The molecule has 2 atom stereocenters. The zero-order valence-electron chi connectivity index (χ0n) is 11.6. The van der Waals surface area contributed by atoms with Gasteiger partial charge in [-0.1, -0.05) is 0 Å². The molecule has 1 aromatic rings. The summed E-state index contributed by atoms with van der Waals surface area (Å²) < 4.78 is 26.2.